The van der Waals surface area contributed by atoms with Gasteiger partial charge >= 0.3 is 0 Å². The molecule has 0 saturated carbocycles. The molecule has 0 saturated heterocycles. The molecule has 0 aliphatic carbocycles. The standard InChI is InChI=1S/C13H16N6O3.ClH/c1-14-6-7-17(2)13(20)12-9-18(16-15-12)10-4-3-5-11(8-10)19(21)22;/h3-5,8-9,14H,6-7H2,1-2H3;1H. The van der Waals surface area contributed by atoms with Crippen molar-refractivity contribution in [2.24, 2.45) is 0 Å². The molecular formula is C13H17ClN6O3. The first-order valence-electron chi connectivity index (χ1n) is 6.60. The van der Waals surface area contributed by atoms with E-state index in [9.17, 15) is 14.9 Å². The average Bonchev–Trinajstić information content (AvgIpc) is 3.01. The second-order valence-electron chi connectivity index (χ2n) is 4.66. The molecule has 0 bridgehead atoms. The van der Waals surface area contributed by atoms with E-state index in [0.717, 1.165) is 0 Å². The predicted molar refractivity (Wildman–Crippen MR) is 86.1 cm³/mol. The maximum atomic E-state index is 12.1. The van der Waals surface area contributed by atoms with E-state index in [1.807, 2.05) is 0 Å². The lowest BCUT2D eigenvalue weighted by Crippen LogP contribution is -2.33. The first-order valence-corrected chi connectivity index (χ1v) is 6.60. The van der Waals surface area contributed by atoms with Crippen LogP contribution in [0.4, 0.5) is 5.69 Å². The maximum absolute atomic E-state index is 12.1. The SMILES string of the molecule is CNCCN(C)C(=O)c1cn(-c2cccc([N+](=O)[O-])c2)nn1.Cl. The number of hydrogen-bond acceptors (Lipinski definition) is 6. The van der Waals surface area contributed by atoms with Gasteiger partial charge in [-0.2, -0.15) is 0 Å². The van der Waals surface area contributed by atoms with Gasteiger partial charge in [0.05, 0.1) is 16.8 Å². The van der Waals surface area contributed by atoms with Crippen LogP contribution in [0.25, 0.3) is 5.69 Å². The molecule has 1 N–H and O–H groups in total. The zero-order valence-electron chi connectivity index (χ0n) is 12.7. The molecule has 1 aromatic carbocycles. The third kappa shape index (κ3) is 4.47. The smallest absolute Gasteiger partial charge is 0.275 e. The van der Waals surface area contributed by atoms with Crippen LogP contribution in [0.15, 0.2) is 30.5 Å². The van der Waals surface area contributed by atoms with Crippen molar-refractivity contribution in [2.45, 2.75) is 0 Å². The number of amides is 1. The Morgan fingerprint density at radius 3 is 2.87 bits per heavy atom. The van der Waals surface area contributed by atoms with Crippen molar-refractivity contribution in [1.82, 2.24) is 25.2 Å². The molecule has 0 spiro atoms. The quantitative estimate of drug-likeness (QED) is 0.618. The molecule has 1 amide bonds. The summed E-state index contributed by atoms with van der Waals surface area (Å²) in [7, 11) is 3.48. The van der Waals surface area contributed by atoms with Crippen LogP contribution in [-0.4, -0.2) is 57.9 Å². The van der Waals surface area contributed by atoms with Crippen molar-refractivity contribution < 1.29 is 9.72 Å². The van der Waals surface area contributed by atoms with Gasteiger partial charge in [-0.1, -0.05) is 11.3 Å². The van der Waals surface area contributed by atoms with Crippen molar-refractivity contribution >= 4 is 24.0 Å². The third-order valence-electron chi connectivity index (χ3n) is 3.06. The van der Waals surface area contributed by atoms with E-state index in [1.54, 1.807) is 26.2 Å². The number of rotatable bonds is 6. The number of benzene rings is 1. The minimum absolute atomic E-state index is 0. The van der Waals surface area contributed by atoms with Crippen LogP contribution in [0.2, 0.25) is 0 Å². The van der Waals surface area contributed by atoms with E-state index in [2.05, 4.69) is 15.6 Å². The fourth-order valence-electron chi connectivity index (χ4n) is 1.81. The van der Waals surface area contributed by atoms with Crippen LogP contribution >= 0.6 is 12.4 Å². The van der Waals surface area contributed by atoms with Gasteiger partial charge in [-0.15, -0.1) is 17.5 Å². The molecule has 1 aromatic heterocycles. The van der Waals surface area contributed by atoms with E-state index in [-0.39, 0.29) is 29.7 Å². The monoisotopic (exact) mass is 340 g/mol. The number of halogens is 1. The van der Waals surface area contributed by atoms with Crippen molar-refractivity contribution in [3.8, 4) is 5.69 Å². The Bertz CT molecular complexity index is 690. The zero-order valence-corrected chi connectivity index (χ0v) is 13.5. The van der Waals surface area contributed by atoms with Crippen molar-refractivity contribution in [1.29, 1.82) is 0 Å². The lowest BCUT2D eigenvalue weighted by atomic mass is 10.3. The highest BCUT2D eigenvalue weighted by molar-refractivity contribution is 5.91. The van der Waals surface area contributed by atoms with Crippen LogP contribution in [0.1, 0.15) is 10.5 Å². The molecule has 0 aliphatic heterocycles. The van der Waals surface area contributed by atoms with Gasteiger partial charge in [-0.05, 0) is 13.1 Å². The number of non-ortho nitro benzene ring substituents is 1. The average molecular weight is 341 g/mol. The number of likely N-dealkylation sites (N-methyl/N-ethyl adjacent to an activating group) is 2. The lowest BCUT2D eigenvalue weighted by Gasteiger charge is -2.14. The molecule has 23 heavy (non-hydrogen) atoms. The fraction of sp³-hybridized carbons (Fsp3) is 0.308. The molecular weight excluding hydrogens is 324 g/mol. The molecule has 0 atom stereocenters. The second-order valence-corrected chi connectivity index (χ2v) is 4.66. The number of hydrogen-bond donors (Lipinski definition) is 1. The van der Waals surface area contributed by atoms with Crippen molar-refractivity contribution in [3.05, 3.63) is 46.3 Å². The van der Waals surface area contributed by atoms with Gasteiger partial charge in [0.15, 0.2) is 5.69 Å². The molecule has 1 heterocycles. The van der Waals surface area contributed by atoms with Crippen molar-refractivity contribution in [3.63, 3.8) is 0 Å². The normalized spacial score (nSPS) is 10.0. The Balaban J connectivity index is 0.00000264. The summed E-state index contributed by atoms with van der Waals surface area (Å²) in [6.45, 7) is 1.21. The van der Waals surface area contributed by atoms with Gasteiger partial charge in [0.25, 0.3) is 11.6 Å². The van der Waals surface area contributed by atoms with Gasteiger partial charge in [-0.25, -0.2) is 4.68 Å². The fourth-order valence-corrected chi connectivity index (χ4v) is 1.81. The van der Waals surface area contributed by atoms with E-state index >= 15 is 0 Å². The summed E-state index contributed by atoms with van der Waals surface area (Å²) in [4.78, 5) is 24.0. The Kier molecular flexibility index (Phi) is 6.61. The highest BCUT2D eigenvalue weighted by Gasteiger charge is 2.16. The molecule has 124 valence electrons. The zero-order chi connectivity index (χ0) is 16.1. The molecule has 2 rings (SSSR count). The topological polar surface area (TPSA) is 106 Å². The Morgan fingerprint density at radius 2 is 2.22 bits per heavy atom. The first-order chi connectivity index (χ1) is 10.5. The molecule has 0 aliphatic rings. The highest BCUT2D eigenvalue weighted by atomic mass is 35.5. The Labute approximate surface area is 138 Å². The highest BCUT2D eigenvalue weighted by Crippen LogP contribution is 2.16. The summed E-state index contributed by atoms with van der Waals surface area (Å²) in [6, 6.07) is 5.96. The molecule has 10 heteroatoms. The number of nitro benzene ring substituents is 1. The van der Waals surface area contributed by atoms with Crippen molar-refractivity contribution in [2.75, 3.05) is 27.2 Å². The number of nitrogens with one attached hydrogen (secondary N) is 1. The van der Waals surface area contributed by atoms with Crippen LogP contribution in [0, 0.1) is 10.1 Å². The molecule has 0 radical (unpaired) electrons. The Morgan fingerprint density at radius 1 is 1.48 bits per heavy atom. The predicted octanol–water partition coefficient (Wildman–Crippen LogP) is 0.889. The minimum Gasteiger partial charge on any atom is -0.339 e. The van der Waals surface area contributed by atoms with E-state index in [0.29, 0.717) is 18.8 Å². The summed E-state index contributed by atoms with van der Waals surface area (Å²) in [5.74, 6) is -0.257. The van der Waals surface area contributed by atoms with E-state index in [1.165, 1.54) is 27.9 Å². The number of carbonyl (C=O) groups is 1. The summed E-state index contributed by atoms with van der Waals surface area (Å²) in [5, 5.41) is 21.4. The number of nitrogens with zero attached hydrogens (tertiary/aromatic N) is 5. The molecule has 0 fully saturated rings. The van der Waals surface area contributed by atoms with Crippen LogP contribution in [0.5, 0.6) is 0 Å². The lowest BCUT2D eigenvalue weighted by molar-refractivity contribution is -0.384. The van der Waals surface area contributed by atoms with Gasteiger partial charge < -0.3 is 10.2 Å². The minimum atomic E-state index is -0.488. The number of nitro groups is 1. The van der Waals surface area contributed by atoms with Crippen LogP contribution < -0.4 is 5.32 Å². The second kappa shape index (κ2) is 8.20. The molecule has 0 unspecified atom stereocenters. The van der Waals surface area contributed by atoms with Gasteiger partial charge in [0.2, 0.25) is 0 Å². The van der Waals surface area contributed by atoms with E-state index < -0.39 is 4.92 Å². The molecule has 9 nitrogen and oxygen atoms in total. The number of carbonyl (C=O) groups excluding carboxylic acids is 1. The molecule has 2 aromatic rings. The van der Waals surface area contributed by atoms with E-state index in [4.69, 9.17) is 0 Å². The number of aromatic nitrogens is 3. The van der Waals surface area contributed by atoms with Gasteiger partial charge in [0.1, 0.15) is 0 Å². The van der Waals surface area contributed by atoms with Crippen LogP contribution in [0.3, 0.4) is 0 Å². The Hall–Kier alpha value is -2.52. The summed E-state index contributed by atoms with van der Waals surface area (Å²) < 4.78 is 1.34. The van der Waals surface area contributed by atoms with Gasteiger partial charge in [0, 0.05) is 32.3 Å². The summed E-state index contributed by atoms with van der Waals surface area (Å²) in [5.41, 5.74) is 0.607. The summed E-state index contributed by atoms with van der Waals surface area (Å²) >= 11 is 0. The third-order valence-corrected chi connectivity index (χ3v) is 3.06. The summed E-state index contributed by atoms with van der Waals surface area (Å²) in [6.07, 6.45) is 1.46. The largest absolute Gasteiger partial charge is 0.339 e. The van der Waals surface area contributed by atoms with Crippen LogP contribution in [-0.2, 0) is 0 Å². The maximum Gasteiger partial charge on any atom is 0.275 e. The first kappa shape index (κ1) is 18.5. The van der Waals surface area contributed by atoms with Gasteiger partial charge in [-0.3, -0.25) is 14.9 Å².